The second kappa shape index (κ2) is 8.23. The first-order valence-corrected chi connectivity index (χ1v) is 7.66. The van der Waals surface area contributed by atoms with Crippen molar-refractivity contribution in [1.82, 2.24) is 10.2 Å². The van der Waals surface area contributed by atoms with Gasteiger partial charge in [0.1, 0.15) is 5.54 Å². The van der Waals surface area contributed by atoms with Crippen molar-refractivity contribution in [3.8, 4) is 6.07 Å². The largest absolute Gasteiger partial charge is 0.370 e. The maximum atomic E-state index is 10.9. The van der Waals surface area contributed by atoms with Crippen LogP contribution < -0.4 is 11.1 Å². The van der Waals surface area contributed by atoms with Crippen LogP contribution in [0, 0.1) is 17.2 Å². The zero-order chi connectivity index (χ0) is 15.0. The Morgan fingerprint density at radius 1 is 1.50 bits per heavy atom. The predicted molar refractivity (Wildman–Crippen MR) is 79.9 cm³/mol. The molecule has 0 aromatic heterocycles. The third-order valence-corrected chi connectivity index (χ3v) is 4.16. The molecule has 5 heteroatoms. The van der Waals surface area contributed by atoms with Crippen molar-refractivity contribution in [1.29, 1.82) is 5.26 Å². The molecule has 1 amide bonds. The Morgan fingerprint density at radius 2 is 2.15 bits per heavy atom. The molecule has 20 heavy (non-hydrogen) atoms. The molecular formula is C15H28N4O. The van der Waals surface area contributed by atoms with Crippen molar-refractivity contribution in [2.45, 2.75) is 51.5 Å². The molecule has 5 nitrogen and oxygen atoms in total. The third-order valence-electron chi connectivity index (χ3n) is 4.16. The minimum absolute atomic E-state index is 0.182. The lowest BCUT2D eigenvalue weighted by Gasteiger charge is -2.32. The number of hydrogen-bond donors (Lipinski definition) is 2. The fraction of sp³-hybridized carbons (Fsp3) is 0.867. The Morgan fingerprint density at radius 3 is 2.65 bits per heavy atom. The second-order valence-electron chi connectivity index (χ2n) is 6.03. The Kier molecular flexibility index (Phi) is 6.97. The molecule has 0 saturated carbocycles. The summed E-state index contributed by atoms with van der Waals surface area (Å²) in [6, 6.07) is 2.36. The molecular weight excluding hydrogens is 252 g/mol. The first kappa shape index (κ1) is 16.9. The molecule has 1 heterocycles. The van der Waals surface area contributed by atoms with Crippen LogP contribution in [0.25, 0.3) is 0 Å². The molecule has 0 spiro atoms. The van der Waals surface area contributed by atoms with E-state index in [1.807, 2.05) is 13.8 Å². The van der Waals surface area contributed by atoms with E-state index in [1.165, 1.54) is 0 Å². The fourth-order valence-electron chi connectivity index (χ4n) is 2.93. The minimum atomic E-state index is -0.404. The topological polar surface area (TPSA) is 82.2 Å². The Hall–Kier alpha value is -1.12. The number of primary amides is 1. The number of nitriles is 1. The first-order chi connectivity index (χ1) is 9.49. The average Bonchev–Trinajstić information content (AvgIpc) is 2.40. The number of nitrogens with two attached hydrogens (primary N) is 1. The van der Waals surface area contributed by atoms with Crippen molar-refractivity contribution in [3.63, 3.8) is 0 Å². The first-order valence-electron chi connectivity index (χ1n) is 7.66. The summed E-state index contributed by atoms with van der Waals surface area (Å²) in [5.74, 6) is 0.286. The van der Waals surface area contributed by atoms with E-state index in [9.17, 15) is 10.1 Å². The summed E-state index contributed by atoms with van der Waals surface area (Å²) in [4.78, 5) is 13.3. The molecule has 0 aliphatic carbocycles. The number of rotatable bonds is 8. The van der Waals surface area contributed by atoms with Crippen LogP contribution in [-0.2, 0) is 4.79 Å². The van der Waals surface area contributed by atoms with E-state index < -0.39 is 5.54 Å². The average molecular weight is 280 g/mol. The maximum Gasteiger partial charge on any atom is 0.217 e. The molecule has 1 aliphatic heterocycles. The second-order valence-corrected chi connectivity index (χ2v) is 6.03. The Balaban J connectivity index is 2.21. The highest BCUT2D eigenvalue weighted by Crippen LogP contribution is 2.21. The van der Waals surface area contributed by atoms with E-state index in [-0.39, 0.29) is 5.91 Å². The van der Waals surface area contributed by atoms with E-state index in [0.717, 1.165) is 51.9 Å². The van der Waals surface area contributed by atoms with Crippen LogP contribution in [0.15, 0.2) is 0 Å². The standard InChI is InChI=1S/C15H28N4O/c1-3-18-15(2,12-16)7-4-8-19-9-5-13(6-10-19)11-14(17)20/h13,18H,3-11H2,1-2H3,(H2,17,20). The van der Waals surface area contributed by atoms with Crippen LogP contribution in [0.3, 0.4) is 0 Å². The molecule has 0 aromatic rings. The van der Waals surface area contributed by atoms with Gasteiger partial charge in [-0.3, -0.25) is 10.1 Å². The van der Waals surface area contributed by atoms with Gasteiger partial charge in [-0.2, -0.15) is 5.26 Å². The van der Waals surface area contributed by atoms with Gasteiger partial charge in [0.2, 0.25) is 5.91 Å². The number of nitrogens with zero attached hydrogens (tertiary/aromatic N) is 2. The van der Waals surface area contributed by atoms with Crippen LogP contribution in [0.4, 0.5) is 0 Å². The highest BCUT2D eigenvalue weighted by atomic mass is 16.1. The molecule has 1 rings (SSSR count). The summed E-state index contributed by atoms with van der Waals surface area (Å²) in [6.45, 7) is 7.94. The van der Waals surface area contributed by atoms with E-state index in [2.05, 4.69) is 16.3 Å². The number of carbonyl (C=O) groups excluding carboxylic acids is 1. The van der Waals surface area contributed by atoms with Crippen LogP contribution in [0.2, 0.25) is 0 Å². The molecule has 3 N–H and O–H groups in total. The van der Waals surface area contributed by atoms with Crippen molar-refractivity contribution in [2.24, 2.45) is 11.7 Å². The summed E-state index contributed by atoms with van der Waals surface area (Å²) in [6.07, 6.45) is 4.55. The lowest BCUT2D eigenvalue weighted by atomic mass is 9.92. The van der Waals surface area contributed by atoms with Crippen molar-refractivity contribution < 1.29 is 4.79 Å². The number of amides is 1. The van der Waals surface area contributed by atoms with Crippen molar-refractivity contribution >= 4 is 5.91 Å². The van der Waals surface area contributed by atoms with E-state index in [1.54, 1.807) is 0 Å². The minimum Gasteiger partial charge on any atom is -0.370 e. The summed E-state index contributed by atoms with van der Waals surface area (Å²) in [5, 5.41) is 12.4. The van der Waals surface area contributed by atoms with Crippen molar-refractivity contribution in [2.75, 3.05) is 26.2 Å². The summed E-state index contributed by atoms with van der Waals surface area (Å²) in [7, 11) is 0. The third kappa shape index (κ3) is 5.89. The fourth-order valence-corrected chi connectivity index (χ4v) is 2.93. The van der Waals surface area contributed by atoms with Crippen LogP contribution in [0.5, 0.6) is 0 Å². The Labute approximate surface area is 122 Å². The maximum absolute atomic E-state index is 10.9. The molecule has 0 aromatic carbocycles. The van der Waals surface area contributed by atoms with Gasteiger partial charge in [-0.15, -0.1) is 0 Å². The monoisotopic (exact) mass is 280 g/mol. The molecule has 1 fully saturated rings. The SMILES string of the molecule is CCNC(C)(C#N)CCCN1CCC(CC(N)=O)CC1. The number of piperidine rings is 1. The number of nitrogens with one attached hydrogen (secondary N) is 1. The van der Waals surface area contributed by atoms with Gasteiger partial charge in [-0.1, -0.05) is 6.92 Å². The van der Waals surface area contributed by atoms with Crippen molar-refractivity contribution in [3.05, 3.63) is 0 Å². The zero-order valence-electron chi connectivity index (χ0n) is 12.8. The Bertz CT molecular complexity index is 344. The van der Waals surface area contributed by atoms with Gasteiger partial charge in [0.15, 0.2) is 0 Å². The number of hydrogen-bond acceptors (Lipinski definition) is 4. The quantitative estimate of drug-likeness (QED) is 0.701. The lowest BCUT2D eigenvalue weighted by Crippen LogP contribution is -2.42. The molecule has 0 radical (unpaired) electrons. The molecule has 1 atom stereocenters. The zero-order valence-corrected chi connectivity index (χ0v) is 12.8. The highest BCUT2D eigenvalue weighted by Gasteiger charge is 2.24. The molecule has 0 bridgehead atoms. The van der Waals surface area contributed by atoms with E-state index >= 15 is 0 Å². The van der Waals surface area contributed by atoms with Gasteiger partial charge in [0.25, 0.3) is 0 Å². The van der Waals surface area contributed by atoms with Crippen LogP contribution in [0.1, 0.15) is 46.0 Å². The predicted octanol–water partition coefficient (Wildman–Crippen LogP) is 1.25. The van der Waals surface area contributed by atoms with Crippen LogP contribution in [-0.4, -0.2) is 42.5 Å². The molecule has 1 aliphatic rings. The van der Waals surface area contributed by atoms with Gasteiger partial charge in [-0.05, 0) is 64.7 Å². The van der Waals surface area contributed by atoms with Gasteiger partial charge in [0, 0.05) is 6.42 Å². The van der Waals surface area contributed by atoms with Gasteiger partial charge in [0.05, 0.1) is 6.07 Å². The van der Waals surface area contributed by atoms with E-state index in [4.69, 9.17) is 5.73 Å². The molecule has 114 valence electrons. The number of likely N-dealkylation sites (tertiary alicyclic amines) is 1. The smallest absolute Gasteiger partial charge is 0.217 e. The van der Waals surface area contributed by atoms with Gasteiger partial charge < -0.3 is 10.6 Å². The van der Waals surface area contributed by atoms with Crippen LogP contribution >= 0.6 is 0 Å². The molecule has 1 unspecified atom stereocenters. The normalized spacial score (nSPS) is 20.2. The number of carbonyl (C=O) groups is 1. The molecule has 1 saturated heterocycles. The lowest BCUT2D eigenvalue weighted by molar-refractivity contribution is -0.119. The van der Waals surface area contributed by atoms with Gasteiger partial charge in [-0.25, -0.2) is 0 Å². The van der Waals surface area contributed by atoms with E-state index in [0.29, 0.717) is 12.3 Å². The summed E-state index contributed by atoms with van der Waals surface area (Å²) < 4.78 is 0. The summed E-state index contributed by atoms with van der Waals surface area (Å²) >= 11 is 0. The summed E-state index contributed by atoms with van der Waals surface area (Å²) in [5.41, 5.74) is 4.84. The highest BCUT2D eigenvalue weighted by molar-refractivity contribution is 5.73. The van der Waals surface area contributed by atoms with Gasteiger partial charge >= 0.3 is 0 Å².